The van der Waals surface area contributed by atoms with E-state index in [-0.39, 0.29) is 10.7 Å². The molecule has 0 aliphatic carbocycles. The Hall–Kier alpha value is -2.71. The number of carbonyl (C=O) groups excluding carboxylic acids is 2. The van der Waals surface area contributed by atoms with Crippen molar-refractivity contribution in [2.75, 3.05) is 18.1 Å². The zero-order valence-electron chi connectivity index (χ0n) is 17.7. The van der Waals surface area contributed by atoms with Crippen molar-refractivity contribution in [3.05, 3.63) is 57.1 Å². The smallest absolute Gasteiger partial charge is 0.270 e. The number of hydrogen-bond acceptors (Lipinski definition) is 5. The first kappa shape index (κ1) is 23.0. The molecule has 1 N–H and O–H groups in total. The Kier molecular flexibility index (Phi) is 7.12. The van der Waals surface area contributed by atoms with Crippen molar-refractivity contribution in [3.63, 3.8) is 0 Å². The van der Waals surface area contributed by atoms with Gasteiger partial charge in [-0.2, -0.15) is 0 Å². The van der Waals surface area contributed by atoms with Gasteiger partial charge in [0.05, 0.1) is 18.9 Å². The van der Waals surface area contributed by atoms with E-state index in [0.717, 1.165) is 11.1 Å². The van der Waals surface area contributed by atoms with E-state index in [1.54, 1.807) is 12.1 Å². The van der Waals surface area contributed by atoms with Gasteiger partial charge in [-0.3, -0.25) is 19.8 Å². The molecule has 1 heterocycles. The second-order valence-electron chi connectivity index (χ2n) is 6.86. The van der Waals surface area contributed by atoms with Crippen LogP contribution in [0.15, 0.2) is 40.4 Å². The zero-order valence-corrected chi connectivity index (χ0v) is 20.1. The molecule has 31 heavy (non-hydrogen) atoms. The Bertz CT molecular complexity index is 1100. The van der Waals surface area contributed by atoms with E-state index in [2.05, 4.69) is 21.2 Å². The van der Waals surface area contributed by atoms with Crippen LogP contribution in [-0.2, 0) is 9.59 Å². The second-order valence-corrected chi connectivity index (χ2v) is 8.10. The van der Waals surface area contributed by atoms with Crippen LogP contribution in [0.5, 0.6) is 11.5 Å². The third-order valence-corrected chi connectivity index (χ3v) is 5.85. The number of benzene rings is 2. The van der Waals surface area contributed by atoms with E-state index in [1.165, 1.54) is 11.0 Å². The fourth-order valence-electron chi connectivity index (χ4n) is 3.21. The van der Waals surface area contributed by atoms with E-state index >= 15 is 0 Å². The van der Waals surface area contributed by atoms with Crippen molar-refractivity contribution in [1.29, 1.82) is 0 Å². The molecule has 3 rings (SSSR count). The summed E-state index contributed by atoms with van der Waals surface area (Å²) in [6.45, 7) is 8.56. The fourth-order valence-corrected chi connectivity index (χ4v) is 3.92. The minimum Gasteiger partial charge on any atom is -0.490 e. The van der Waals surface area contributed by atoms with Crippen LogP contribution in [0, 0.1) is 13.8 Å². The van der Waals surface area contributed by atoms with E-state index in [1.807, 2.05) is 45.9 Å². The van der Waals surface area contributed by atoms with Crippen LogP contribution in [0.25, 0.3) is 6.08 Å². The lowest BCUT2D eigenvalue weighted by Crippen LogP contribution is -2.54. The normalized spacial score (nSPS) is 15.3. The van der Waals surface area contributed by atoms with Gasteiger partial charge in [-0.25, -0.2) is 0 Å². The molecule has 2 amide bonds. The van der Waals surface area contributed by atoms with Gasteiger partial charge >= 0.3 is 0 Å². The van der Waals surface area contributed by atoms with Gasteiger partial charge in [0.2, 0.25) is 0 Å². The number of nitrogens with one attached hydrogen (secondary N) is 1. The molecule has 2 aromatic rings. The molecule has 0 spiro atoms. The number of halogens is 1. The van der Waals surface area contributed by atoms with Crippen molar-refractivity contribution in [1.82, 2.24) is 5.32 Å². The quantitative estimate of drug-likeness (QED) is 0.352. The van der Waals surface area contributed by atoms with E-state index in [9.17, 15) is 9.59 Å². The van der Waals surface area contributed by atoms with Crippen LogP contribution in [0.2, 0.25) is 0 Å². The molecule has 0 radical (unpaired) electrons. The van der Waals surface area contributed by atoms with Crippen LogP contribution in [0.3, 0.4) is 0 Å². The van der Waals surface area contributed by atoms with Gasteiger partial charge < -0.3 is 9.47 Å². The average molecular weight is 503 g/mol. The summed E-state index contributed by atoms with van der Waals surface area (Å²) in [4.78, 5) is 27.4. The summed E-state index contributed by atoms with van der Waals surface area (Å²) in [6.07, 6.45) is 1.53. The molecule has 8 heteroatoms. The SMILES string of the molecule is CCOc1cc(Br)c(/C=C2\C(=O)NC(=S)N(c3cccc(C)c3C)C2=O)cc1OCC. The fraction of sp³-hybridized carbons (Fsp3) is 0.261. The lowest BCUT2D eigenvalue weighted by molar-refractivity contribution is -0.122. The van der Waals surface area contributed by atoms with E-state index in [0.29, 0.717) is 40.4 Å². The standard InChI is InChI=1S/C23H23BrN2O4S/c1-5-29-19-11-15(17(24)12-20(19)30-6-2)10-16-21(27)25-23(31)26(22(16)28)18-9-7-8-13(3)14(18)4/h7-12H,5-6H2,1-4H3,(H,25,27,31)/b16-10+. The lowest BCUT2D eigenvalue weighted by atomic mass is 10.0. The molecule has 1 aliphatic rings. The number of aryl methyl sites for hydroxylation is 1. The third-order valence-electron chi connectivity index (χ3n) is 4.88. The van der Waals surface area contributed by atoms with Gasteiger partial charge in [0.25, 0.3) is 11.8 Å². The van der Waals surface area contributed by atoms with Crippen molar-refractivity contribution in [2.24, 2.45) is 0 Å². The van der Waals surface area contributed by atoms with E-state index < -0.39 is 11.8 Å². The number of rotatable bonds is 6. The Balaban J connectivity index is 2.08. The summed E-state index contributed by atoms with van der Waals surface area (Å²) >= 11 is 8.81. The number of carbonyl (C=O) groups is 2. The van der Waals surface area contributed by atoms with Crippen LogP contribution in [0.4, 0.5) is 5.69 Å². The van der Waals surface area contributed by atoms with Gasteiger partial charge in [0, 0.05) is 4.47 Å². The third kappa shape index (κ3) is 4.65. The number of hydrogen-bond donors (Lipinski definition) is 1. The molecular formula is C23H23BrN2O4S. The summed E-state index contributed by atoms with van der Waals surface area (Å²) in [6, 6.07) is 9.12. The number of thiocarbonyl (C=S) groups is 1. The molecule has 0 saturated carbocycles. The highest BCUT2D eigenvalue weighted by Gasteiger charge is 2.35. The van der Waals surface area contributed by atoms with Crippen molar-refractivity contribution >= 4 is 56.8 Å². The molecule has 162 valence electrons. The maximum Gasteiger partial charge on any atom is 0.270 e. The van der Waals surface area contributed by atoms with Gasteiger partial charge in [-0.05, 0) is 80.9 Å². The van der Waals surface area contributed by atoms with Crippen LogP contribution >= 0.6 is 28.1 Å². The Morgan fingerprint density at radius 2 is 1.74 bits per heavy atom. The van der Waals surface area contributed by atoms with Crippen molar-refractivity contribution in [3.8, 4) is 11.5 Å². The first-order valence-corrected chi connectivity index (χ1v) is 11.0. The Morgan fingerprint density at radius 1 is 1.10 bits per heavy atom. The number of nitrogens with zero attached hydrogens (tertiary/aromatic N) is 1. The molecule has 0 unspecified atom stereocenters. The van der Waals surface area contributed by atoms with Gasteiger partial charge in [-0.1, -0.05) is 28.1 Å². The van der Waals surface area contributed by atoms with Crippen LogP contribution < -0.4 is 19.7 Å². The lowest BCUT2D eigenvalue weighted by Gasteiger charge is -2.30. The highest BCUT2D eigenvalue weighted by atomic mass is 79.9. The monoisotopic (exact) mass is 502 g/mol. The number of anilines is 1. The minimum atomic E-state index is -0.546. The van der Waals surface area contributed by atoms with Gasteiger partial charge in [0.1, 0.15) is 5.57 Å². The Labute approximate surface area is 195 Å². The first-order chi connectivity index (χ1) is 14.8. The summed E-state index contributed by atoms with van der Waals surface area (Å²) in [5.41, 5.74) is 3.16. The molecule has 0 bridgehead atoms. The largest absolute Gasteiger partial charge is 0.490 e. The molecule has 1 aliphatic heterocycles. The summed E-state index contributed by atoms with van der Waals surface area (Å²) in [5, 5.41) is 2.68. The average Bonchev–Trinajstić information content (AvgIpc) is 2.71. The summed E-state index contributed by atoms with van der Waals surface area (Å²) < 4.78 is 12.0. The summed E-state index contributed by atoms with van der Waals surface area (Å²) in [7, 11) is 0. The van der Waals surface area contributed by atoms with Gasteiger partial charge in [-0.15, -0.1) is 0 Å². The minimum absolute atomic E-state index is 0.0261. The highest BCUT2D eigenvalue weighted by Crippen LogP contribution is 2.35. The first-order valence-electron chi connectivity index (χ1n) is 9.85. The number of amides is 2. The van der Waals surface area contributed by atoms with E-state index in [4.69, 9.17) is 21.7 Å². The zero-order chi connectivity index (χ0) is 22.7. The molecular weight excluding hydrogens is 480 g/mol. The van der Waals surface area contributed by atoms with Crippen molar-refractivity contribution < 1.29 is 19.1 Å². The molecule has 0 aromatic heterocycles. The maximum absolute atomic E-state index is 13.3. The number of ether oxygens (including phenoxy) is 2. The van der Waals surface area contributed by atoms with Gasteiger partial charge in [0.15, 0.2) is 16.6 Å². The molecule has 1 fully saturated rings. The second kappa shape index (κ2) is 9.62. The molecule has 1 saturated heterocycles. The predicted molar refractivity (Wildman–Crippen MR) is 129 cm³/mol. The topological polar surface area (TPSA) is 67.9 Å². The van der Waals surface area contributed by atoms with Crippen LogP contribution in [-0.4, -0.2) is 30.1 Å². The molecule has 6 nitrogen and oxygen atoms in total. The predicted octanol–water partition coefficient (Wildman–Crippen LogP) is 4.69. The highest BCUT2D eigenvalue weighted by molar-refractivity contribution is 9.10. The maximum atomic E-state index is 13.3. The van der Waals surface area contributed by atoms with Crippen LogP contribution in [0.1, 0.15) is 30.5 Å². The molecule has 0 atom stereocenters. The van der Waals surface area contributed by atoms with Crippen molar-refractivity contribution in [2.45, 2.75) is 27.7 Å². The Morgan fingerprint density at radius 3 is 2.39 bits per heavy atom. The summed E-state index contributed by atoms with van der Waals surface area (Å²) in [5.74, 6) is 0.0810. The molecule has 2 aromatic carbocycles.